The van der Waals surface area contributed by atoms with E-state index in [4.69, 9.17) is 4.74 Å². The van der Waals surface area contributed by atoms with Crippen molar-refractivity contribution in [1.29, 1.82) is 0 Å². The quantitative estimate of drug-likeness (QED) is 0.801. The van der Waals surface area contributed by atoms with Crippen LogP contribution < -0.4 is 10.1 Å². The molecular weight excluding hydrogens is 278 g/mol. The smallest absolute Gasteiger partial charge is 0.254 e. The molecule has 4 rings (SSSR count). The van der Waals surface area contributed by atoms with E-state index in [0.29, 0.717) is 11.7 Å². The van der Waals surface area contributed by atoms with Crippen molar-refractivity contribution in [1.82, 2.24) is 19.6 Å². The fourth-order valence-electron chi connectivity index (χ4n) is 2.83. The minimum atomic E-state index is 0.432. The zero-order valence-electron chi connectivity index (χ0n) is 12.4. The molecule has 0 saturated heterocycles. The molecule has 3 heterocycles. The van der Waals surface area contributed by atoms with Crippen molar-refractivity contribution in [3.05, 3.63) is 47.9 Å². The van der Waals surface area contributed by atoms with Gasteiger partial charge >= 0.3 is 0 Å². The molecule has 0 radical (unpaired) electrons. The van der Waals surface area contributed by atoms with Crippen LogP contribution in [-0.2, 0) is 6.42 Å². The van der Waals surface area contributed by atoms with Crippen LogP contribution in [0.3, 0.4) is 0 Å². The lowest BCUT2D eigenvalue weighted by Gasteiger charge is -2.25. The number of aryl methyl sites for hydroxylation is 1. The molecule has 0 saturated carbocycles. The van der Waals surface area contributed by atoms with Crippen molar-refractivity contribution in [3.63, 3.8) is 0 Å². The van der Waals surface area contributed by atoms with Gasteiger partial charge in [-0.25, -0.2) is 4.98 Å². The first-order valence-electron chi connectivity index (χ1n) is 7.41. The maximum Gasteiger partial charge on any atom is 0.254 e. The second-order valence-electron chi connectivity index (χ2n) is 5.62. The minimum Gasteiger partial charge on any atom is -0.493 e. The minimum absolute atomic E-state index is 0.432. The summed E-state index contributed by atoms with van der Waals surface area (Å²) < 4.78 is 7.56. The summed E-state index contributed by atoms with van der Waals surface area (Å²) in [5.74, 6) is 2.98. The van der Waals surface area contributed by atoms with E-state index < -0.39 is 0 Å². The van der Waals surface area contributed by atoms with Gasteiger partial charge in [0.1, 0.15) is 17.9 Å². The average molecular weight is 295 g/mol. The number of rotatable bonds is 3. The summed E-state index contributed by atoms with van der Waals surface area (Å²) in [6.45, 7) is 3.52. The van der Waals surface area contributed by atoms with Gasteiger partial charge in [-0.1, -0.05) is 18.2 Å². The number of hydrogen-bond donors (Lipinski definition) is 1. The van der Waals surface area contributed by atoms with Gasteiger partial charge in [0.25, 0.3) is 5.78 Å². The second kappa shape index (κ2) is 5.29. The molecule has 112 valence electrons. The Morgan fingerprint density at radius 1 is 1.36 bits per heavy atom. The van der Waals surface area contributed by atoms with Gasteiger partial charge in [0.05, 0.1) is 6.61 Å². The highest BCUT2D eigenvalue weighted by atomic mass is 16.5. The van der Waals surface area contributed by atoms with E-state index in [9.17, 15) is 0 Å². The molecular formula is C16H17N5O. The van der Waals surface area contributed by atoms with Crippen LogP contribution in [0.4, 0.5) is 5.82 Å². The third-order valence-electron chi connectivity index (χ3n) is 3.91. The zero-order chi connectivity index (χ0) is 14.9. The Kier molecular flexibility index (Phi) is 3.14. The van der Waals surface area contributed by atoms with Crippen LogP contribution in [-0.4, -0.2) is 32.7 Å². The van der Waals surface area contributed by atoms with Crippen LogP contribution in [0, 0.1) is 12.8 Å². The Morgan fingerprint density at radius 2 is 2.27 bits per heavy atom. The van der Waals surface area contributed by atoms with Gasteiger partial charge in [0.2, 0.25) is 0 Å². The van der Waals surface area contributed by atoms with Crippen molar-refractivity contribution in [2.24, 2.45) is 5.92 Å². The summed E-state index contributed by atoms with van der Waals surface area (Å²) in [5, 5.41) is 7.66. The number of ether oxygens (including phenoxy) is 1. The van der Waals surface area contributed by atoms with Gasteiger partial charge in [0, 0.05) is 24.2 Å². The molecule has 0 spiro atoms. The first kappa shape index (κ1) is 13.1. The first-order valence-corrected chi connectivity index (χ1v) is 7.41. The van der Waals surface area contributed by atoms with Crippen molar-refractivity contribution in [2.45, 2.75) is 13.3 Å². The SMILES string of the molecule is Cc1cc(NCC2COc3ccccc3C2)n2ncnc2n1. The van der Waals surface area contributed by atoms with E-state index in [-0.39, 0.29) is 0 Å². The summed E-state index contributed by atoms with van der Waals surface area (Å²) >= 11 is 0. The third-order valence-corrected chi connectivity index (χ3v) is 3.91. The third kappa shape index (κ3) is 2.36. The van der Waals surface area contributed by atoms with Crippen molar-refractivity contribution in [2.75, 3.05) is 18.5 Å². The van der Waals surface area contributed by atoms with Crippen LogP contribution in [0.15, 0.2) is 36.7 Å². The summed E-state index contributed by atoms with van der Waals surface area (Å²) in [6, 6.07) is 10.2. The number of aromatic nitrogens is 4. The number of nitrogens with zero attached hydrogens (tertiary/aromatic N) is 4. The van der Waals surface area contributed by atoms with Crippen LogP contribution in [0.5, 0.6) is 5.75 Å². The molecule has 1 N–H and O–H groups in total. The number of hydrogen-bond acceptors (Lipinski definition) is 5. The predicted octanol–water partition coefficient (Wildman–Crippen LogP) is 2.10. The van der Waals surface area contributed by atoms with Crippen LogP contribution in [0.1, 0.15) is 11.3 Å². The monoisotopic (exact) mass is 295 g/mol. The Hall–Kier alpha value is -2.63. The van der Waals surface area contributed by atoms with Gasteiger partial charge in [0.15, 0.2) is 0 Å². The van der Waals surface area contributed by atoms with E-state index >= 15 is 0 Å². The molecule has 2 aromatic heterocycles. The van der Waals surface area contributed by atoms with E-state index in [1.165, 1.54) is 11.9 Å². The highest BCUT2D eigenvalue weighted by Crippen LogP contribution is 2.27. The molecule has 0 fully saturated rings. The largest absolute Gasteiger partial charge is 0.493 e. The molecule has 6 heteroatoms. The van der Waals surface area contributed by atoms with Crippen molar-refractivity contribution in [3.8, 4) is 5.75 Å². The molecule has 0 amide bonds. The topological polar surface area (TPSA) is 64.3 Å². The van der Waals surface area contributed by atoms with Gasteiger partial charge in [-0.05, 0) is 25.0 Å². The molecule has 22 heavy (non-hydrogen) atoms. The maximum absolute atomic E-state index is 5.83. The Morgan fingerprint density at radius 3 is 3.23 bits per heavy atom. The maximum atomic E-state index is 5.83. The Labute approximate surface area is 128 Å². The molecule has 1 atom stereocenters. The average Bonchev–Trinajstić information content (AvgIpc) is 3.00. The highest BCUT2D eigenvalue weighted by Gasteiger charge is 2.19. The number of nitrogens with one attached hydrogen (secondary N) is 1. The fraction of sp³-hybridized carbons (Fsp3) is 0.312. The summed E-state index contributed by atoms with van der Waals surface area (Å²) in [5.41, 5.74) is 2.20. The lowest BCUT2D eigenvalue weighted by Crippen LogP contribution is -2.27. The molecule has 3 aromatic rings. The lowest BCUT2D eigenvalue weighted by atomic mass is 9.97. The normalized spacial score (nSPS) is 17.0. The van der Waals surface area contributed by atoms with Gasteiger partial charge in [-0.2, -0.15) is 14.6 Å². The Bertz CT molecular complexity index is 813. The standard InChI is InChI=1S/C16H17N5O/c1-11-6-15(21-16(20-11)18-10-19-21)17-8-12-7-13-4-2-3-5-14(13)22-9-12/h2-6,10,12,17H,7-9H2,1H3. The van der Waals surface area contributed by atoms with Crippen molar-refractivity contribution < 1.29 is 4.74 Å². The molecule has 1 aliphatic rings. The van der Waals surface area contributed by atoms with E-state index in [0.717, 1.165) is 36.8 Å². The summed E-state index contributed by atoms with van der Waals surface area (Å²) in [4.78, 5) is 8.49. The van der Waals surface area contributed by atoms with E-state index in [2.05, 4.69) is 32.5 Å². The number of fused-ring (bicyclic) bond motifs is 2. The molecule has 0 bridgehead atoms. The summed E-state index contributed by atoms with van der Waals surface area (Å²) in [7, 11) is 0. The highest BCUT2D eigenvalue weighted by molar-refractivity contribution is 5.45. The van der Waals surface area contributed by atoms with Crippen LogP contribution >= 0.6 is 0 Å². The predicted molar refractivity (Wildman–Crippen MR) is 83.1 cm³/mol. The lowest BCUT2D eigenvalue weighted by molar-refractivity contribution is 0.229. The van der Waals surface area contributed by atoms with Crippen molar-refractivity contribution >= 4 is 11.6 Å². The molecule has 6 nitrogen and oxygen atoms in total. The molecule has 1 aliphatic heterocycles. The van der Waals surface area contributed by atoms with Gasteiger partial charge < -0.3 is 10.1 Å². The molecule has 1 unspecified atom stereocenters. The first-order chi connectivity index (χ1) is 10.8. The van der Waals surface area contributed by atoms with Gasteiger partial charge in [-0.15, -0.1) is 0 Å². The molecule has 1 aromatic carbocycles. The zero-order valence-corrected chi connectivity index (χ0v) is 12.4. The van der Waals surface area contributed by atoms with Crippen LogP contribution in [0.2, 0.25) is 0 Å². The van der Waals surface area contributed by atoms with Crippen LogP contribution in [0.25, 0.3) is 5.78 Å². The second-order valence-corrected chi connectivity index (χ2v) is 5.62. The number of para-hydroxylation sites is 1. The van der Waals surface area contributed by atoms with Gasteiger partial charge in [-0.3, -0.25) is 0 Å². The van der Waals surface area contributed by atoms with E-state index in [1.54, 1.807) is 4.52 Å². The number of anilines is 1. The fourth-order valence-corrected chi connectivity index (χ4v) is 2.83. The number of benzene rings is 1. The Balaban J connectivity index is 1.50. The van der Waals surface area contributed by atoms with E-state index in [1.807, 2.05) is 25.1 Å². The summed E-state index contributed by atoms with van der Waals surface area (Å²) in [6.07, 6.45) is 2.54. The molecule has 0 aliphatic carbocycles.